The Morgan fingerprint density at radius 3 is 2.61 bits per heavy atom. The van der Waals surface area contributed by atoms with E-state index in [0.29, 0.717) is 11.3 Å². The van der Waals surface area contributed by atoms with Crippen LogP contribution in [0.5, 0.6) is 5.75 Å². The summed E-state index contributed by atoms with van der Waals surface area (Å²) in [5.41, 5.74) is 0.210. The number of benzene rings is 2. The Bertz CT molecular complexity index is 921. The van der Waals surface area contributed by atoms with Crippen LogP contribution >= 0.6 is 35.4 Å². The summed E-state index contributed by atoms with van der Waals surface area (Å²) in [4.78, 5) is 23.8. The quantitative estimate of drug-likeness (QED) is 0.548. The van der Waals surface area contributed by atoms with E-state index in [4.69, 9.17) is 40.2 Å². The molecule has 0 aliphatic heterocycles. The van der Waals surface area contributed by atoms with Crippen molar-refractivity contribution in [2.24, 2.45) is 0 Å². The number of carboxylic acids is 1. The van der Waals surface area contributed by atoms with Crippen molar-refractivity contribution in [1.29, 1.82) is 0 Å². The molecular weight excluding hydrogens is 423 g/mol. The maximum absolute atomic E-state index is 12.4. The van der Waals surface area contributed by atoms with E-state index in [9.17, 15) is 14.7 Å². The molecule has 0 bridgehead atoms. The number of carboxylic acid groups (broad SMARTS) is 1. The fourth-order valence-electron chi connectivity index (χ4n) is 2.22. The van der Waals surface area contributed by atoms with Gasteiger partial charge in [0.2, 0.25) is 0 Å². The highest BCUT2D eigenvalue weighted by molar-refractivity contribution is 7.80. The molecule has 2 rings (SSSR count). The topological polar surface area (TPSA) is 87.7 Å². The van der Waals surface area contributed by atoms with Crippen LogP contribution in [0.25, 0.3) is 0 Å². The molecule has 0 unspecified atom stereocenters. The predicted molar refractivity (Wildman–Crippen MR) is 114 cm³/mol. The second kappa shape index (κ2) is 9.73. The maximum atomic E-state index is 12.4. The molecular formula is C19H18Cl2N2O4S. The van der Waals surface area contributed by atoms with Gasteiger partial charge in [-0.25, -0.2) is 4.79 Å². The van der Waals surface area contributed by atoms with Crippen molar-refractivity contribution in [1.82, 2.24) is 5.32 Å². The molecule has 0 aliphatic rings. The minimum absolute atomic E-state index is 0.0162. The lowest BCUT2D eigenvalue weighted by Gasteiger charge is -2.15. The summed E-state index contributed by atoms with van der Waals surface area (Å²) in [6.07, 6.45) is 0.848. The van der Waals surface area contributed by atoms with E-state index in [1.54, 1.807) is 24.3 Å². The minimum Gasteiger partial charge on any atom is -0.491 e. The number of thiocarbonyl (C=S) groups is 1. The molecule has 0 saturated heterocycles. The van der Waals surface area contributed by atoms with E-state index >= 15 is 0 Å². The van der Waals surface area contributed by atoms with Crippen molar-refractivity contribution < 1.29 is 19.4 Å². The molecule has 3 N–H and O–H groups in total. The van der Waals surface area contributed by atoms with Crippen molar-refractivity contribution in [3.8, 4) is 5.75 Å². The minimum atomic E-state index is -1.24. The first-order valence-electron chi connectivity index (χ1n) is 8.32. The van der Waals surface area contributed by atoms with Crippen molar-refractivity contribution in [2.75, 3.05) is 5.32 Å². The second-order valence-corrected chi connectivity index (χ2v) is 7.14. The van der Waals surface area contributed by atoms with Gasteiger partial charge in [-0.15, -0.1) is 0 Å². The zero-order valence-corrected chi connectivity index (χ0v) is 17.4. The molecule has 148 valence electrons. The lowest BCUT2D eigenvalue weighted by Crippen LogP contribution is -2.34. The number of anilines is 1. The first kappa shape index (κ1) is 21.9. The summed E-state index contributed by atoms with van der Waals surface area (Å²) in [6.45, 7) is 3.93. The highest BCUT2D eigenvalue weighted by Gasteiger charge is 2.17. The van der Waals surface area contributed by atoms with Crippen LogP contribution in [0, 0.1) is 0 Å². The maximum Gasteiger partial charge on any atom is 0.337 e. The van der Waals surface area contributed by atoms with Crippen LogP contribution in [0.4, 0.5) is 5.69 Å². The molecule has 0 fully saturated rings. The van der Waals surface area contributed by atoms with Crippen LogP contribution in [0.2, 0.25) is 10.0 Å². The number of amides is 1. The first-order valence-corrected chi connectivity index (χ1v) is 9.49. The molecule has 0 aromatic heterocycles. The number of ether oxygens (including phenoxy) is 1. The Labute approximate surface area is 177 Å². The van der Waals surface area contributed by atoms with E-state index in [-0.39, 0.29) is 32.5 Å². The summed E-state index contributed by atoms with van der Waals surface area (Å²) in [5.74, 6) is -1.15. The van der Waals surface area contributed by atoms with E-state index in [1.165, 1.54) is 12.1 Å². The average Bonchev–Trinajstić information content (AvgIpc) is 2.63. The van der Waals surface area contributed by atoms with Crippen LogP contribution in [-0.4, -0.2) is 28.2 Å². The molecule has 2 aromatic rings. The third kappa shape index (κ3) is 5.82. The fraction of sp³-hybridized carbons (Fsp3) is 0.211. The van der Waals surface area contributed by atoms with Crippen LogP contribution in [-0.2, 0) is 0 Å². The van der Waals surface area contributed by atoms with Gasteiger partial charge < -0.3 is 15.2 Å². The number of aromatic carboxylic acids is 1. The van der Waals surface area contributed by atoms with Crippen molar-refractivity contribution >= 4 is 58.1 Å². The van der Waals surface area contributed by atoms with Gasteiger partial charge in [-0.3, -0.25) is 10.1 Å². The van der Waals surface area contributed by atoms with Gasteiger partial charge in [0, 0.05) is 10.6 Å². The molecule has 2 aromatic carbocycles. The smallest absolute Gasteiger partial charge is 0.337 e. The van der Waals surface area contributed by atoms with Crippen LogP contribution in [0.15, 0.2) is 36.4 Å². The Balaban J connectivity index is 2.13. The largest absolute Gasteiger partial charge is 0.491 e. The van der Waals surface area contributed by atoms with Gasteiger partial charge in [0.1, 0.15) is 5.75 Å². The third-order valence-electron chi connectivity index (χ3n) is 3.76. The molecule has 0 aliphatic carbocycles. The lowest BCUT2D eigenvalue weighted by molar-refractivity contribution is 0.0697. The standard InChI is InChI=1S/C19H18Cl2N2O4S/c1-3-10(2)27-13-6-4-5-11(7-13)17(24)23-19(28)22-16-14(18(25)26)8-12(20)9-15(16)21/h4-10H,3H2,1-2H3,(H,25,26)(H2,22,23,24,28)/t10-/m1/s1. The van der Waals surface area contributed by atoms with Crippen molar-refractivity contribution in [2.45, 2.75) is 26.4 Å². The third-order valence-corrected chi connectivity index (χ3v) is 4.48. The molecule has 9 heteroatoms. The monoisotopic (exact) mass is 440 g/mol. The Hall–Kier alpha value is -2.35. The van der Waals surface area contributed by atoms with Crippen molar-refractivity contribution in [3.05, 3.63) is 57.6 Å². The molecule has 6 nitrogen and oxygen atoms in total. The van der Waals surface area contributed by atoms with E-state index < -0.39 is 11.9 Å². The highest BCUT2D eigenvalue weighted by Crippen LogP contribution is 2.30. The van der Waals surface area contributed by atoms with Gasteiger partial charge in [-0.2, -0.15) is 0 Å². The van der Waals surface area contributed by atoms with E-state index in [0.717, 1.165) is 6.42 Å². The van der Waals surface area contributed by atoms with Gasteiger partial charge in [-0.05, 0) is 55.9 Å². The molecule has 0 radical (unpaired) electrons. The predicted octanol–water partition coefficient (Wildman–Crippen LogP) is 5.00. The molecule has 0 saturated carbocycles. The number of halogens is 2. The van der Waals surface area contributed by atoms with Crippen LogP contribution in [0.1, 0.15) is 41.0 Å². The second-order valence-electron chi connectivity index (χ2n) is 5.89. The van der Waals surface area contributed by atoms with Gasteiger partial charge in [-0.1, -0.05) is 36.2 Å². The number of hydrogen-bond donors (Lipinski definition) is 3. The SMILES string of the molecule is CC[C@@H](C)Oc1cccc(C(=O)NC(=S)Nc2c(Cl)cc(Cl)cc2C(=O)O)c1. The van der Waals surface area contributed by atoms with Crippen molar-refractivity contribution in [3.63, 3.8) is 0 Å². The van der Waals surface area contributed by atoms with E-state index in [1.807, 2.05) is 13.8 Å². The number of carbonyl (C=O) groups excluding carboxylic acids is 1. The number of rotatable bonds is 6. The highest BCUT2D eigenvalue weighted by atomic mass is 35.5. The number of hydrogen-bond acceptors (Lipinski definition) is 4. The molecule has 0 heterocycles. The summed E-state index contributed by atoms with van der Waals surface area (Å²) < 4.78 is 5.70. The number of carbonyl (C=O) groups is 2. The Kier molecular flexibility index (Phi) is 7.62. The van der Waals surface area contributed by atoms with Gasteiger partial charge in [0.05, 0.1) is 22.4 Å². The zero-order valence-electron chi connectivity index (χ0n) is 15.1. The Morgan fingerprint density at radius 1 is 1.25 bits per heavy atom. The molecule has 1 atom stereocenters. The van der Waals surface area contributed by atoms with Crippen LogP contribution < -0.4 is 15.4 Å². The lowest BCUT2D eigenvalue weighted by atomic mass is 10.2. The zero-order chi connectivity index (χ0) is 20.8. The summed E-state index contributed by atoms with van der Waals surface area (Å²) in [6, 6.07) is 9.27. The molecule has 0 spiro atoms. The summed E-state index contributed by atoms with van der Waals surface area (Å²) >= 11 is 17.0. The number of nitrogens with one attached hydrogen (secondary N) is 2. The molecule has 28 heavy (non-hydrogen) atoms. The summed E-state index contributed by atoms with van der Waals surface area (Å²) in [7, 11) is 0. The molecule has 1 amide bonds. The fourth-order valence-corrected chi connectivity index (χ4v) is 2.95. The summed E-state index contributed by atoms with van der Waals surface area (Å²) in [5, 5.41) is 14.6. The van der Waals surface area contributed by atoms with Crippen LogP contribution in [0.3, 0.4) is 0 Å². The first-order chi connectivity index (χ1) is 13.2. The van der Waals surface area contributed by atoms with Gasteiger partial charge in [0.15, 0.2) is 5.11 Å². The Morgan fingerprint density at radius 2 is 1.96 bits per heavy atom. The van der Waals surface area contributed by atoms with E-state index in [2.05, 4.69) is 10.6 Å². The normalized spacial score (nSPS) is 11.4. The van der Waals surface area contributed by atoms with Gasteiger partial charge in [0.25, 0.3) is 5.91 Å². The van der Waals surface area contributed by atoms with Gasteiger partial charge >= 0.3 is 5.97 Å². The average molecular weight is 441 g/mol.